The predicted octanol–water partition coefficient (Wildman–Crippen LogP) is 4.51. The van der Waals surface area contributed by atoms with E-state index >= 15 is 0 Å². The van der Waals surface area contributed by atoms with Crippen molar-refractivity contribution >= 4 is 7.94 Å². The maximum Gasteiger partial charge on any atom is 0.339 e. The van der Waals surface area contributed by atoms with Crippen molar-refractivity contribution in [1.82, 2.24) is 0 Å². The third-order valence-corrected chi connectivity index (χ3v) is 8.54. The molecule has 0 bridgehead atoms. The fraction of sp³-hybridized carbons (Fsp3) is 0.314. The summed E-state index contributed by atoms with van der Waals surface area (Å²) in [7, 11) is -6.35. The summed E-state index contributed by atoms with van der Waals surface area (Å²) >= 11 is 0. The first-order valence-corrected chi connectivity index (χ1v) is 16.4. The molecule has 5 atom stereocenters. The van der Waals surface area contributed by atoms with Gasteiger partial charge in [-0.3, -0.25) is 0 Å². The molecule has 244 valence electrons. The Labute approximate surface area is 267 Å². The van der Waals surface area contributed by atoms with Crippen LogP contribution in [0.25, 0.3) is 0 Å². The molecule has 46 heavy (non-hydrogen) atoms. The molecule has 8 nitrogen and oxygen atoms in total. The molecule has 1 fully saturated rings. The second-order valence-corrected chi connectivity index (χ2v) is 12.6. The third-order valence-electron chi connectivity index (χ3n) is 7.55. The minimum atomic E-state index is -6.35. The summed E-state index contributed by atoms with van der Waals surface area (Å²) in [5.74, 6) is 0. The monoisotopic (exact) mass is 652 g/mol. The van der Waals surface area contributed by atoms with Crippen molar-refractivity contribution in [2.45, 2.75) is 69.2 Å². The van der Waals surface area contributed by atoms with Gasteiger partial charge in [0.05, 0.1) is 39.0 Å². The van der Waals surface area contributed by atoms with E-state index in [0.29, 0.717) is 0 Å². The van der Waals surface area contributed by atoms with Crippen molar-refractivity contribution in [2.75, 3.05) is 0 Å². The SMILES string of the molecule is [O-][P+]([O-])([O-])C(F)(F)C[C@H]1O[C@@H](OCc2ccccc2)[C@H](OCc2ccccc2)[C@@H](OCc2ccccc2)[C@@H]1OCc1ccccc1. The van der Waals surface area contributed by atoms with Gasteiger partial charge in [0.15, 0.2) is 6.29 Å². The molecule has 0 amide bonds. The third kappa shape index (κ3) is 9.45. The number of hydrogen-bond acceptors (Lipinski definition) is 8. The first kappa shape index (κ1) is 34.2. The van der Waals surface area contributed by atoms with E-state index in [1.807, 2.05) is 97.1 Å². The first-order valence-electron chi connectivity index (χ1n) is 14.9. The van der Waals surface area contributed by atoms with Gasteiger partial charge in [-0.15, -0.1) is 0 Å². The van der Waals surface area contributed by atoms with E-state index in [1.165, 1.54) is 0 Å². The average molecular weight is 653 g/mol. The summed E-state index contributed by atoms with van der Waals surface area (Å²) in [6.07, 6.45) is -7.74. The van der Waals surface area contributed by atoms with E-state index in [2.05, 4.69) is 0 Å². The van der Waals surface area contributed by atoms with Crippen LogP contribution in [0.3, 0.4) is 0 Å². The van der Waals surface area contributed by atoms with Crippen LogP contribution in [0.5, 0.6) is 0 Å². The zero-order chi connectivity index (χ0) is 32.4. The van der Waals surface area contributed by atoms with Crippen LogP contribution in [0.4, 0.5) is 8.78 Å². The van der Waals surface area contributed by atoms with Gasteiger partial charge in [0.1, 0.15) is 18.3 Å². The van der Waals surface area contributed by atoms with E-state index in [0.717, 1.165) is 22.3 Å². The zero-order valence-electron chi connectivity index (χ0n) is 24.9. The molecule has 0 saturated carbocycles. The number of ether oxygens (including phenoxy) is 5. The van der Waals surface area contributed by atoms with E-state index in [1.54, 1.807) is 24.3 Å². The minimum absolute atomic E-state index is 0.0301. The summed E-state index contributed by atoms with van der Waals surface area (Å²) < 4.78 is 61.1. The van der Waals surface area contributed by atoms with Crippen LogP contribution in [0.1, 0.15) is 28.7 Å². The van der Waals surface area contributed by atoms with Crippen molar-refractivity contribution in [1.29, 1.82) is 0 Å². The molecule has 4 aromatic carbocycles. The lowest BCUT2D eigenvalue weighted by molar-refractivity contribution is -0.448. The van der Waals surface area contributed by atoms with Crippen LogP contribution in [0.2, 0.25) is 0 Å². The van der Waals surface area contributed by atoms with Gasteiger partial charge >= 0.3 is 5.66 Å². The Morgan fingerprint density at radius 1 is 0.522 bits per heavy atom. The smallest absolute Gasteiger partial charge is 0.339 e. The highest BCUT2D eigenvalue weighted by Gasteiger charge is 2.53. The number of alkyl halides is 2. The molecule has 0 radical (unpaired) electrons. The second-order valence-electron chi connectivity index (χ2n) is 11.0. The molecule has 1 heterocycles. The minimum Gasteiger partial charge on any atom is -0.683 e. The Kier molecular flexibility index (Phi) is 12.0. The van der Waals surface area contributed by atoms with Crippen LogP contribution >= 0.6 is 7.94 Å². The Balaban J connectivity index is 1.50. The molecule has 11 heteroatoms. The highest BCUT2D eigenvalue weighted by atomic mass is 31.2. The van der Waals surface area contributed by atoms with E-state index < -0.39 is 50.7 Å². The molecule has 1 aliphatic heterocycles. The number of hydrogen-bond donors (Lipinski definition) is 0. The van der Waals surface area contributed by atoms with E-state index in [9.17, 15) is 23.5 Å². The molecule has 1 aliphatic rings. The fourth-order valence-electron chi connectivity index (χ4n) is 5.15. The van der Waals surface area contributed by atoms with Crippen LogP contribution in [0, 0.1) is 0 Å². The van der Waals surface area contributed by atoms with Gasteiger partial charge < -0.3 is 38.4 Å². The molecule has 1 saturated heterocycles. The maximum absolute atomic E-state index is 14.9. The highest BCUT2D eigenvalue weighted by molar-refractivity contribution is 7.55. The maximum atomic E-state index is 14.9. The van der Waals surface area contributed by atoms with Crippen LogP contribution in [0.15, 0.2) is 121 Å². The first-order chi connectivity index (χ1) is 22.2. The fourth-order valence-corrected chi connectivity index (χ4v) is 5.55. The summed E-state index contributed by atoms with van der Waals surface area (Å²) in [6, 6.07) is 36.7. The highest BCUT2D eigenvalue weighted by Crippen LogP contribution is 2.53. The topological polar surface area (TPSA) is 115 Å². The van der Waals surface area contributed by atoms with Gasteiger partial charge in [0.25, 0.3) is 0 Å². The van der Waals surface area contributed by atoms with Gasteiger partial charge in [-0.1, -0.05) is 129 Å². The van der Waals surface area contributed by atoms with Crippen LogP contribution in [-0.4, -0.2) is 36.4 Å². The van der Waals surface area contributed by atoms with Gasteiger partial charge in [-0.25, -0.2) is 0 Å². The number of halogens is 2. The van der Waals surface area contributed by atoms with Gasteiger partial charge in [-0.05, 0) is 22.3 Å². The molecular formula is C35H35F2O8P-2. The largest absolute Gasteiger partial charge is 0.683 e. The standard InChI is InChI=1S/C35H37F2O8P/c36-35(37,46(38,39)40)21-30-31(41-22-26-13-5-1-6-14-26)32(42-23-27-15-7-2-8-16-27)33(43-24-28-17-9-3-10-18-28)34(45-30)44-25-29-19-11-4-12-20-29/h1-20,30-34H,21-25H2,(H2,38,39,40)/p-2/t30-,31-,32+,33-,34-/m1/s1. The molecule has 4 aromatic rings. The van der Waals surface area contributed by atoms with Crippen molar-refractivity contribution in [3.8, 4) is 0 Å². The Hall–Kier alpha value is -3.15. The molecular weight excluding hydrogens is 617 g/mol. The molecule has 0 unspecified atom stereocenters. The van der Waals surface area contributed by atoms with Crippen molar-refractivity contribution < 1.29 is 47.1 Å². The van der Waals surface area contributed by atoms with Gasteiger partial charge in [0, 0.05) is 0 Å². The second kappa shape index (κ2) is 16.1. The predicted molar refractivity (Wildman–Crippen MR) is 161 cm³/mol. The molecule has 0 aliphatic carbocycles. The molecule has 0 spiro atoms. The lowest BCUT2D eigenvalue weighted by atomic mass is 9.95. The molecule has 5 rings (SSSR count). The summed E-state index contributed by atoms with van der Waals surface area (Å²) in [5, 5.41) is 0. The van der Waals surface area contributed by atoms with Gasteiger partial charge in [-0.2, -0.15) is 8.78 Å². The summed E-state index contributed by atoms with van der Waals surface area (Å²) in [4.78, 5) is 35.0. The van der Waals surface area contributed by atoms with E-state index in [4.69, 9.17) is 23.7 Å². The van der Waals surface area contributed by atoms with Crippen molar-refractivity contribution in [3.63, 3.8) is 0 Å². The Morgan fingerprint density at radius 2 is 0.870 bits per heavy atom. The Morgan fingerprint density at radius 3 is 1.26 bits per heavy atom. The molecule has 0 N–H and O–H groups in total. The summed E-state index contributed by atoms with van der Waals surface area (Å²) in [5.41, 5.74) is -1.48. The Bertz CT molecular complexity index is 1450. The van der Waals surface area contributed by atoms with Gasteiger partial charge in [0.2, 0.25) is 0 Å². The summed E-state index contributed by atoms with van der Waals surface area (Å²) in [6.45, 7) is 0.156. The lowest BCUT2D eigenvalue weighted by Crippen LogP contribution is -2.62. The van der Waals surface area contributed by atoms with Crippen molar-refractivity contribution in [3.05, 3.63) is 144 Å². The van der Waals surface area contributed by atoms with Crippen molar-refractivity contribution in [2.24, 2.45) is 0 Å². The molecule has 0 aromatic heterocycles. The van der Waals surface area contributed by atoms with Crippen LogP contribution in [-0.2, 0) is 50.1 Å². The van der Waals surface area contributed by atoms with Crippen LogP contribution < -0.4 is 14.7 Å². The number of rotatable bonds is 15. The number of benzene rings is 4. The van der Waals surface area contributed by atoms with E-state index in [-0.39, 0.29) is 26.4 Å². The quantitative estimate of drug-likeness (QED) is 0.172. The lowest BCUT2D eigenvalue weighted by Gasteiger charge is -2.50. The normalized spacial score (nSPS) is 22.1. The zero-order valence-corrected chi connectivity index (χ0v) is 25.8. The average Bonchev–Trinajstić information content (AvgIpc) is 3.06.